The van der Waals surface area contributed by atoms with Gasteiger partial charge < -0.3 is 14.9 Å². The van der Waals surface area contributed by atoms with E-state index >= 15 is 0 Å². The zero-order chi connectivity index (χ0) is 17.5. The molecule has 0 amide bonds. The van der Waals surface area contributed by atoms with Crippen molar-refractivity contribution in [3.8, 4) is 23.1 Å². The average Bonchev–Trinajstić information content (AvgIpc) is 3.31. The Balaban J connectivity index is 1.49. The van der Waals surface area contributed by atoms with Gasteiger partial charge in [0.05, 0.1) is 6.26 Å². The number of hydrogen-bond donors (Lipinski definition) is 1. The van der Waals surface area contributed by atoms with Gasteiger partial charge in [0.15, 0.2) is 11.4 Å². The van der Waals surface area contributed by atoms with E-state index in [0.29, 0.717) is 28.8 Å². The molecule has 1 aromatic carbocycles. The van der Waals surface area contributed by atoms with E-state index in [1.165, 1.54) is 24.0 Å². The van der Waals surface area contributed by atoms with Gasteiger partial charge in [0.25, 0.3) is 0 Å². The van der Waals surface area contributed by atoms with Crippen molar-refractivity contribution in [1.29, 1.82) is 0 Å². The van der Waals surface area contributed by atoms with Crippen LogP contribution in [0.4, 0.5) is 5.82 Å². The van der Waals surface area contributed by atoms with Crippen molar-refractivity contribution < 1.29 is 9.15 Å². The summed E-state index contributed by atoms with van der Waals surface area (Å²) in [5, 5.41) is 4.39. The normalized spacial score (nSPS) is 13.7. The highest BCUT2D eigenvalue weighted by atomic mass is 16.5. The molecule has 3 heterocycles. The molecule has 0 spiro atoms. The second kappa shape index (κ2) is 5.91. The minimum atomic E-state index is 0.459. The number of aryl methyl sites for hydroxylation is 2. The molecule has 1 aliphatic carbocycles. The Labute approximate surface area is 150 Å². The van der Waals surface area contributed by atoms with Crippen LogP contribution in [-0.2, 0) is 12.8 Å². The maximum absolute atomic E-state index is 6.14. The smallest absolute Gasteiger partial charge is 0.217 e. The Morgan fingerprint density at radius 1 is 1.00 bits per heavy atom. The van der Waals surface area contributed by atoms with E-state index in [1.54, 1.807) is 22.9 Å². The van der Waals surface area contributed by atoms with E-state index in [-0.39, 0.29) is 0 Å². The summed E-state index contributed by atoms with van der Waals surface area (Å²) >= 11 is 0. The molecule has 5 rings (SSSR count). The van der Waals surface area contributed by atoms with Gasteiger partial charge in [0.2, 0.25) is 5.82 Å². The van der Waals surface area contributed by atoms with Crippen LogP contribution in [0.1, 0.15) is 24.0 Å². The highest BCUT2D eigenvalue weighted by molar-refractivity contribution is 5.58. The molecule has 3 aromatic heterocycles. The Bertz CT molecular complexity index is 1080. The van der Waals surface area contributed by atoms with Crippen LogP contribution in [-0.4, -0.2) is 14.6 Å². The second-order valence-electron chi connectivity index (χ2n) is 6.54. The molecule has 0 unspecified atom stereocenters. The lowest BCUT2D eigenvalue weighted by Crippen LogP contribution is -2.02. The summed E-state index contributed by atoms with van der Waals surface area (Å²) in [6, 6.07) is 13.5. The summed E-state index contributed by atoms with van der Waals surface area (Å²) in [5.74, 6) is 3.02. The van der Waals surface area contributed by atoms with Crippen molar-refractivity contribution >= 4 is 11.5 Å². The molecule has 0 saturated carbocycles. The third kappa shape index (κ3) is 2.60. The molecule has 6 nitrogen and oxygen atoms in total. The summed E-state index contributed by atoms with van der Waals surface area (Å²) in [5.41, 5.74) is 9.56. The van der Waals surface area contributed by atoms with Crippen LogP contribution in [0.2, 0.25) is 0 Å². The number of hydrogen-bond acceptors (Lipinski definition) is 5. The predicted octanol–water partition coefficient (Wildman–Crippen LogP) is 4.24. The number of furan rings is 1. The third-order valence-corrected chi connectivity index (χ3v) is 4.74. The van der Waals surface area contributed by atoms with Crippen molar-refractivity contribution in [2.45, 2.75) is 25.7 Å². The number of rotatable bonds is 3. The van der Waals surface area contributed by atoms with Gasteiger partial charge in [0, 0.05) is 12.1 Å². The topological polar surface area (TPSA) is 78.6 Å². The Kier molecular flexibility index (Phi) is 3.41. The van der Waals surface area contributed by atoms with Gasteiger partial charge in [-0.2, -0.15) is 4.52 Å². The molecule has 0 radical (unpaired) electrons. The van der Waals surface area contributed by atoms with Gasteiger partial charge in [-0.1, -0.05) is 6.07 Å². The number of nitrogen functional groups attached to an aromatic ring is 1. The molecule has 4 aromatic rings. The van der Waals surface area contributed by atoms with Gasteiger partial charge in [-0.05, 0) is 61.1 Å². The zero-order valence-electron chi connectivity index (χ0n) is 14.2. The van der Waals surface area contributed by atoms with Crippen molar-refractivity contribution in [2.24, 2.45) is 0 Å². The summed E-state index contributed by atoms with van der Waals surface area (Å²) in [7, 11) is 0. The fourth-order valence-corrected chi connectivity index (χ4v) is 3.46. The SMILES string of the molecule is Nc1cc(Oc2ccc3c(c2)CCCC3)cc2nc(-c3ccco3)nn12. The van der Waals surface area contributed by atoms with E-state index in [9.17, 15) is 0 Å². The molecule has 0 fully saturated rings. The summed E-state index contributed by atoms with van der Waals surface area (Å²) in [4.78, 5) is 4.49. The molecule has 0 saturated heterocycles. The molecule has 0 atom stereocenters. The summed E-state index contributed by atoms with van der Waals surface area (Å²) in [6.07, 6.45) is 6.37. The highest BCUT2D eigenvalue weighted by Crippen LogP contribution is 2.30. The maximum atomic E-state index is 6.14. The van der Waals surface area contributed by atoms with Crippen LogP contribution in [0.15, 0.2) is 53.1 Å². The average molecular weight is 346 g/mol. The number of ether oxygens (including phenoxy) is 1. The molecule has 0 aliphatic heterocycles. The van der Waals surface area contributed by atoms with Gasteiger partial charge in [-0.25, -0.2) is 4.98 Å². The minimum absolute atomic E-state index is 0.459. The molecule has 26 heavy (non-hydrogen) atoms. The fourth-order valence-electron chi connectivity index (χ4n) is 3.46. The lowest BCUT2D eigenvalue weighted by Gasteiger charge is -2.16. The lowest BCUT2D eigenvalue weighted by atomic mass is 9.92. The van der Waals surface area contributed by atoms with E-state index < -0.39 is 0 Å². The van der Waals surface area contributed by atoms with E-state index in [2.05, 4.69) is 22.2 Å². The third-order valence-electron chi connectivity index (χ3n) is 4.74. The van der Waals surface area contributed by atoms with Crippen molar-refractivity contribution in [2.75, 3.05) is 5.73 Å². The molecule has 130 valence electrons. The van der Waals surface area contributed by atoms with Crippen LogP contribution in [0.3, 0.4) is 0 Å². The first kappa shape index (κ1) is 15.0. The van der Waals surface area contributed by atoms with E-state index in [0.717, 1.165) is 18.6 Å². The Morgan fingerprint density at radius 3 is 2.73 bits per heavy atom. The van der Waals surface area contributed by atoms with E-state index in [4.69, 9.17) is 14.9 Å². The second-order valence-corrected chi connectivity index (χ2v) is 6.54. The molecular weight excluding hydrogens is 328 g/mol. The van der Waals surface area contributed by atoms with Crippen LogP contribution < -0.4 is 10.5 Å². The Hall–Kier alpha value is -3.28. The predicted molar refractivity (Wildman–Crippen MR) is 98.3 cm³/mol. The number of nitrogens with two attached hydrogens (primary N) is 1. The number of fused-ring (bicyclic) bond motifs is 2. The zero-order valence-corrected chi connectivity index (χ0v) is 14.2. The summed E-state index contributed by atoms with van der Waals surface area (Å²) in [6.45, 7) is 0. The largest absolute Gasteiger partial charge is 0.461 e. The first-order valence-corrected chi connectivity index (χ1v) is 8.76. The number of benzene rings is 1. The molecule has 6 heteroatoms. The summed E-state index contributed by atoms with van der Waals surface area (Å²) < 4.78 is 13.0. The van der Waals surface area contributed by atoms with Gasteiger partial charge in [-0.15, -0.1) is 5.10 Å². The van der Waals surface area contributed by atoms with Crippen molar-refractivity contribution in [3.05, 3.63) is 59.9 Å². The molecule has 1 aliphatic rings. The quantitative estimate of drug-likeness (QED) is 0.600. The first-order valence-electron chi connectivity index (χ1n) is 8.76. The lowest BCUT2D eigenvalue weighted by molar-refractivity contribution is 0.480. The Morgan fingerprint density at radius 2 is 1.88 bits per heavy atom. The van der Waals surface area contributed by atoms with Crippen LogP contribution in [0, 0.1) is 0 Å². The van der Waals surface area contributed by atoms with Crippen molar-refractivity contribution in [3.63, 3.8) is 0 Å². The minimum Gasteiger partial charge on any atom is -0.461 e. The van der Waals surface area contributed by atoms with Crippen LogP contribution in [0.25, 0.3) is 17.2 Å². The van der Waals surface area contributed by atoms with Crippen LogP contribution in [0.5, 0.6) is 11.5 Å². The van der Waals surface area contributed by atoms with Gasteiger partial charge in [0.1, 0.15) is 17.3 Å². The maximum Gasteiger partial charge on any atom is 0.217 e. The first-order chi connectivity index (χ1) is 12.8. The monoisotopic (exact) mass is 346 g/mol. The van der Waals surface area contributed by atoms with Gasteiger partial charge >= 0.3 is 0 Å². The van der Waals surface area contributed by atoms with Gasteiger partial charge in [-0.3, -0.25) is 0 Å². The standard InChI is InChI=1S/C20H18N4O2/c21-18-11-16(26-15-8-7-13-4-1-2-5-14(13)10-15)12-19-22-20(23-24(18)19)17-6-3-9-25-17/h3,6-12H,1-2,4-5,21H2. The molecule has 2 N–H and O–H groups in total. The number of aromatic nitrogens is 3. The molecular formula is C20H18N4O2. The fraction of sp³-hybridized carbons (Fsp3) is 0.200. The van der Waals surface area contributed by atoms with Crippen LogP contribution >= 0.6 is 0 Å². The van der Waals surface area contributed by atoms with Crippen molar-refractivity contribution in [1.82, 2.24) is 14.6 Å². The molecule has 0 bridgehead atoms. The van der Waals surface area contributed by atoms with E-state index in [1.807, 2.05) is 18.2 Å². The number of anilines is 1. The number of pyridine rings is 1. The highest BCUT2D eigenvalue weighted by Gasteiger charge is 2.14. The number of nitrogens with zero attached hydrogens (tertiary/aromatic N) is 3.